The maximum Gasteiger partial charge on any atom is 0.234 e. The molecule has 0 bridgehead atoms. The van der Waals surface area contributed by atoms with E-state index in [0.29, 0.717) is 38.3 Å². The number of aromatic nitrogens is 3. The number of carbonyl (C=O) groups is 1. The van der Waals surface area contributed by atoms with Crippen LogP contribution in [0.5, 0.6) is 5.75 Å². The van der Waals surface area contributed by atoms with Crippen LogP contribution in [0.2, 0.25) is 15.1 Å². The molecular weight excluding hydrogens is 527 g/mol. The number of hydrogen-bond donors (Lipinski definition) is 1. The molecule has 1 heterocycles. The van der Waals surface area contributed by atoms with Crippen LogP contribution in [0, 0.1) is 6.92 Å². The van der Waals surface area contributed by atoms with Gasteiger partial charge in [-0.15, -0.1) is 10.2 Å². The zero-order chi connectivity index (χ0) is 24.8. The number of aryl methyl sites for hydroxylation is 1. The number of rotatable bonds is 9. The molecule has 0 radical (unpaired) electrons. The van der Waals surface area contributed by atoms with Gasteiger partial charge in [-0.25, -0.2) is 0 Å². The van der Waals surface area contributed by atoms with Gasteiger partial charge in [-0.05, 0) is 36.8 Å². The molecule has 0 aliphatic rings. The SMILES string of the molecule is Cc1ccc(OCc2nnc(SCC(=O)Nc3cc(Cl)c(Cl)cc3Cl)n2Cc2ccccc2)cc1. The minimum Gasteiger partial charge on any atom is -0.486 e. The summed E-state index contributed by atoms with van der Waals surface area (Å²) in [5, 5.41) is 12.9. The van der Waals surface area contributed by atoms with Gasteiger partial charge in [0.2, 0.25) is 5.91 Å². The van der Waals surface area contributed by atoms with E-state index in [1.807, 2.05) is 66.1 Å². The first-order chi connectivity index (χ1) is 16.9. The van der Waals surface area contributed by atoms with Gasteiger partial charge in [-0.1, -0.05) is 94.6 Å². The molecule has 0 fully saturated rings. The van der Waals surface area contributed by atoms with Crippen molar-refractivity contribution in [2.24, 2.45) is 0 Å². The van der Waals surface area contributed by atoms with Gasteiger partial charge in [0.15, 0.2) is 11.0 Å². The standard InChI is InChI=1S/C25H21Cl3N4O2S/c1-16-7-9-18(10-8-16)34-14-23-30-31-25(32(23)13-17-5-3-2-4-6-17)35-15-24(33)29-22-12-20(27)19(26)11-21(22)28/h2-12H,13-15H2,1H3,(H,29,33). The van der Waals surface area contributed by atoms with Gasteiger partial charge in [-0.2, -0.15) is 0 Å². The van der Waals surface area contributed by atoms with Gasteiger partial charge in [0.1, 0.15) is 12.4 Å². The quantitative estimate of drug-likeness (QED) is 0.182. The molecular formula is C25H21Cl3N4O2S. The summed E-state index contributed by atoms with van der Waals surface area (Å²) in [6.45, 7) is 2.81. The molecule has 0 spiro atoms. The van der Waals surface area contributed by atoms with E-state index in [1.54, 1.807) is 0 Å². The average Bonchev–Trinajstić information content (AvgIpc) is 3.22. The zero-order valence-corrected chi connectivity index (χ0v) is 21.8. The first-order valence-corrected chi connectivity index (χ1v) is 12.7. The first kappa shape index (κ1) is 25.4. The molecule has 4 rings (SSSR count). The fourth-order valence-electron chi connectivity index (χ4n) is 3.17. The summed E-state index contributed by atoms with van der Waals surface area (Å²) in [7, 11) is 0. The Hall–Kier alpha value is -2.71. The van der Waals surface area contributed by atoms with Gasteiger partial charge < -0.3 is 10.1 Å². The van der Waals surface area contributed by atoms with Crippen molar-refractivity contribution in [2.45, 2.75) is 25.2 Å². The molecule has 3 aromatic carbocycles. The molecule has 0 unspecified atom stereocenters. The number of thioether (sulfide) groups is 1. The van der Waals surface area contributed by atoms with E-state index in [0.717, 1.165) is 16.9 Å². The van der Waals surface area contributed by atoms with Crippen LogP contribution < -0.4 is 10.1 Å². The predicted octanol–water partition coefficient (Wildman–Crippen LogP) is 6.90. The van der Waals surface area contributed by atoms with Crippen molar-refractivity contribution in [3.8, 4) is 5.75 Å². The lowest BCUT2D eigenvalue weighted by Gasteiger charge is -2.12. The van der Waals surface area contributed by atoms with E-state index < -0.39 is 0 Å². The highest BCUT2D eigenvalue weighted by Crippen LogP contribution is 2.32. The van der Waals surface area contributed by atoms with Crippen molar-refractivity contribution in [1.29, 1.82) is 0 Å². The molecule has 4 aromatic rings. The number of ether oxygens (including phenoxy) is 1. The second kappa shape index (κ2) is 11.8. The molecule has 10 heteroatoms. The lowest BCUT2D eigenvalue weighted by Crippen LogP contribution is -2.15. The lowest BCUT2D eigenvalue weighted by atomic mass is 10.2. The van der Waals surface area contributed by atoms with Crippen molar-refractivity contribution >= 4 is 58.2 Å². The number of carbonyl (C=O) groups excluding carboxylic acids is 1. The second-order valence-electron chi connectivity index (χ2n) is 7.66. The molecule has 35 heavy (non-hydrogen) atoms. The Labute approximate surface area is 222 Å². The summed E-state index contributed by atoms with van der Waals surface area (Å²) in [5.74, 6) is 1.24. The first-order valence-electron chi connectivity index (χ1n) is 10.6. The van der Waals surface area contributed by atoms with E-state index in [1.165, 1.54) is 23.9 Å². The van der Waals surface area contributed by atoms with E-state index in [4.69, 9.17) is 39.5 Å². The summed E-state index contributed by atoms with van der Waals surface area (Å²) in [6.07, 6.45) is 0. The molecule has 0 aliphatic heterocycles. The van der Waals surface area contributed by atoms with Crippen molar-refractivity contribution in [3.05, 3.63) is 98.7 Å². The second-order valence-corrected chi connectivity index (χ2v) is 9.82. The lowest BCUT2D eigenvalue weighted by molar-refractivity contribution is -0.113. The minimum absolute atomic E-state index is 0.0995. The van der Waals surface area contributed by atoms with E-state index >= 15 is 0 Å². The molecule has 6 nitrogen and oxygen atoms in total. The van der Waals surface area contributed by atoms with Crippen molar-refractivity contribution in [1.82, 2.24) is 14.8 Å². The van der Waals surface area contributed by atoms with Crippen molar-refractivity contribution in [2.75, 3.05) is 11.1 Å². The number of hydrogen-bond acceptors (Lipinski definition) is 5. The fourth-order valence-corrected chi connectivity index (χ4v) is 4.53. The monoisotopic (exact) mass is 546 g/mol. The third kappa shape index (κ3) is 6.92. The van der Waals surface area contributed by atoms with Crippen LogP contribution in [-0.2, 0) is 17.9 Å². The van der Waals surface area contributed by atoms with E-state index in [9.17, 15) is 4.79 Å². The maximum atomic E-state index is 12.6. The number of nitrogens with zero attached hydrogens (tertiary/aromatic N) is 3. The number of anilines is 1. The molecule has 1 N–H and O–H groups in total. The predicted molar refractivity (Wildman–Crippen MR) is 142 cm³/mol. The largest absolute Gasteiger partial charge is 0.486 e. The Bertz CT molecular complexity index is 1310. The number of nitrogens with one attached hydrogen (secondary N) is 1. The molecule has 0 saturated heterocycles. The van der Waals surface area contributed by atoms with Crippen LogP contribution in [0.3, 0.4) is 0 Å². The van der Waals surface area contributed by atoms with Crippen molar-refractivity contribution < 1.29 is 9.53 Å². The highest BCUT2D eigenvalue weighted by atomic mass is 35.5. The average molecular weight is 548 g/mol. The smallest absolute Gasteiger partial charge is 0.234 e. The normalized spacial score (nSPS) is 10.9. The summed E-state index contributed by atoms with van der Waals surface area (Å²) in [4.78, 5) is 12.6. The molecule has 0 atom stereocenters. The minimum atomic E-state index is -0.262. The molecule has 0 aliphatic carbocycles. The fraction of sp³-hybridized carbons (Fsp3) is 0.160. The van der Waals surface area contributed by atoms with Crippen LogP contribution in [0.1, 0.15) is 17.0 Å². The van der Waals surface area contributed by atoms with E-state index in [-0.39, 0.29) is 18.3 Å². The summed E-state index contributed by atoms with van der Waals surface area (Å²) in [6, 6.07) is 20.8. The van der Waals surface area contributed by atoms with Gasteiger partial charge in [-0.3, -0.25) is 9.36 Å². The third-order valence-corrected chi connectivity index (χ3v) is 6.98. The third-order valence-electron chi connectivity index (χ3n) is 4.98. The number of benzene rings is 3. The Balaban J connectivity index is 1.47. The Kier molecular flexibility index (Phi) is 8.57. The van der Waals surface area contributed by atoms with Gasteiger partial charge in [0.25, 0.3) is 0 Å². The zero-order valence-electron chi connectivity index (χ0n) is 18.7. The molecule has 0 saturated carbocycles. The Morgan fingerprint density at radius 3 is 2.43 bits per heavy atom. The summed E-state index contributed by atoms with van der Waals surface area (Å²) >= 11 is 19.4. The molecule has 180 valence electrons. The van der Waals surface area contributed by atoms with Crippen LogP contribution >= 0.6 is 46.6 Å². The van der Waals surface area contributed by atoms with Crippen molar-refractivity contribution in [3.63, 3.8) is 0 Å². The van der Waals surface area contributed by atoms with Crippen LogP contribution in [-0.4, -0.2) is 26.4 Å². The van der Waals surface area contributed by atoms with Gasteiger partial charge >= 0.3 is 0 Å². The topological polar surface area (TPSA) is 69.0 Å². The van der Waals surface area contributed by atoms with Gasteiger partial charge in [0, 0.05) is 0 Å². The van der Waals surface area contributed by atoms with Crippen LogP contribution in [0.25, 0.3) is 0 Å². The number of halogens is 3. The molecule has 1 amide bonds. The highest BCUT2D eigenvalue weighted by Gasteiger charge is 2.16. The Morgan fingerprint density at radius 1 is 0.971 bits per heavy atom. The van der Waals surface area contributed by atoms with Crippen LogP contribution in [0.4, 0.5) is 5.69 Å². The van der Waals surface area contributed by atoms with Gasteiger partial charge in [0.05, 0.1) is 33.1 Å². The Morgan fingerprint density at radius 2 is 1.69 bits per heavy atom. The highest BCUT2D eigenvalue weighted by molar-refractivity contribution is 7.99. The van der Waals surface area contributed by atoms with E-state index in [2.05, 4.69) is 15.5 Å². The maximum absolute atomic E-state index is 12.6. The summed E-state index contributed by atoms with van der Waals surface area (Å²) in [5.41, 5.74) is 2.63. The van der Waals surface area contributed by atoms with Crippen LogP contribution in [0.15, 0.2) is 71.9 Å². The molecule has 1 aromatic heterocycles. The number of amides is 1. The summed E-state index contributed by atoms with van der Waals surface area (Å²) < 4.78 is 7.88.